The summed E-state index contributed by atoms with van der Waals surface area (Å²) >= 11 is 0. The van der Waals surface area contributed by atoms with Gasteiger partial charge in [0.05, 0.1) is 12.0 Å². The summed E-state index contributed by atoms with van der Waals surface area (Å²) in [6.07, 6.45) is -4.06. The van der Waals surface area contributed by atoms with Gasteiger partial charge in [-0.2, -0.15) is 8.78 Å². The van der Waals surface area contributed by atoms with Crippen LogP contribution in [0.15, 0.2) is 11.9 Å². The van der Waals surface area contributed by atoms with Gasteiger partial charge >= 0.3 is 12.0 Å². The zero-order chi connectivity index (χ0) is 11.4. The van der Waals surface area contributed by atoms with Crippen LogP contribution in [0.2, 0.25) is 0 Å². The molecule has 0 aromatic heterocycles. The average Bonchev–Trinajstić information content (AvgIpc) is 1.97. The summed E-state index contributed by atoms with van der Waals surface area (Å²) in [5.74, 6) is -2.88. The van der Waals surface area contributed by atoms with Gasteiger partial charge in [-0.25, -0.2) is 4.39 Å². The predicted molar refractivity (Wildman–Crippen MR) is 42.5 cm³/mol. The van der Waals surface area contributed by atoms with Crippen molar-refractivity contribution in [1.82, 2.24) is 0 Å². The van der Waals surface area contributed by atoms with Crippen molar-refractivity contribution >= 4 is 5.97 Å². The third-order valence-corrected chi connectivity index (χ3v) is 1.62. The van der Waals surface area contributed by atoms with Gasteiger partial charge in [-0.1, -0.05) is 0 Å². The molecule has 1 unspecified atom stereocenters. The van der Waals surface area contributed by atoms with Crippen LogP contribution in [0.4, 0.5) is 13.2 Å². The lowest BCUT2D eigenvalue weighted by Crippen LogP contribution is -2.27. The summed E-state index contributed by atoms with van der Waals surface area (Å²) in [6, 6.07) is 0. The monoisotopic (exact) mass is 212 g/mol. The van der Waals surface area contributed by atoms with Gasteiger partial charge in [0.25, 0.3) is 0 Å². The molecule has 0 spiro atoms. The van der Waals surface area contributed by atoms with Crippen molar-refractivity contribution in [2.75, 3.05) is 0 Å². The van der Waals surface area contributed by atoms with Crippen molar-refractivity contribution in [3.63, 3.8) is 0 Å². The van der Waals surface area contributed by atoms with Crippen LogP contribution in [0.1, 0.15) is 26.2 Å². The fraction of sp³-hybridized carbons (Fsp3) is 0.625. The molecule has 82 valence electrons. The molecule has 0 heterocycles. The summed E-state index contributed by atoms with van der Waals surface area (Å²) in [5.41, 5.74) is -1.67. The molecule has 0 fully saturated rings. The van der Waals surface area contributed by atoms with Crippen LogP contribution in [-0.4, -0.2) is 21.8 Å². The van der Waals surface area contributed by atoms with Crippen LogP contribution in [-0.2, 0) is 4.79 Å². The van der Waals surface area contributed by atoms with E-state index in [4.69, 9.17) is 5.11 Å². The highest BCUT2D eigenvalue weighted by atomic mass is 19.3. The average molecular weight is 212 g/mol. The van der Waals surface area contributed by atoms with Gasteiger partial charge in [0, 0.05) is 6.42 Å². The van der Waals surface area contributed by atoms with Crippen LogP contribution < -0.4 is 0 Å². The number of carboxylic acids is 1. The van der Waals surface area contributed by atoms with Crippen molar-refractivity contribution in [2.45, 2.75) is 31.8 Å². The molecule has 2 N–H and O–H groups in total. The van der Waals surface area contributed by atoms with Crippen molar-refractivity contribution in [2.24, 2.45) is 0 Å². The molecular formula is C8H11F3O3. The molecule has 6 heteroatoms. The lowest BCUT2D eigenvalue weighted by atomic mass is 9.96. The summed E-state index contributed by atoms with van der Waals surface area (Å²) in [5, 5.41) is 17.6. The normalized spacial score (nSPS) is 14.6. The van der Waals surface area contributed by atoms with Crippen molar-refractivity contribution in [3.8, 4) is 0 Å². The Morgan fingerprint density at radius 1 is 1.36 bits per heavy atom. The third-order valence-electron chi connectivity index (χ3n) is 1.62. The Labute approximate surface area is 78.9 Å². The fourth-order valence-electron chi connectivity index (χ4n) is 0.888. The standard InChI is InChI=1S/C8H11F3O3/c1-8(14,4-6(12)13)3-2-5(9)7(10)11/h14H,2-4H2,1H3,(H,12,13). The zero-order valence-electron chi connectivity index (χ0n) is 7.56. The van der Waals surface area contributed by atoms with Crippen molar-refractivity contribution < 1.29 is 28.2 Å². The maximum absolute atomic E-state index is 12.3. The molecule has 0 radical (unpaired) electrons. The Kier molecular flexibility index (Phi) is 4.62. The van der Waals surface area contributed by atoms with Crippen LogP contribution in [0.5, 0.6) is 0 Å². The smallest absolute Gasteiger partial charge is 0.306 e. The lowest BCUT2D eigenvalue weighted by Gasteiger charge is -2.19. The lowest BCUT2D eigenvalue weighted by molar-refractivity contribution is -0.142. The van der Waals surface area contributed by atoms with E-state index in [9.17, 15) is 23.1 Å². The van der Waals surface area contributed by atoms with Crippen LogP contribution in [0, 0.1) is 0 Å². The Morgan fingerprint density at radius 2 is 1.86 bits per heavy atom. The van der Waals surface area contributed by atoms with E-state index in [1.807, 2.05) is 0 Å². The molecule has 3 nitrogen and oxygen atoms in total. The van der Waals surface area contributed by atoms with Crippen LogP contribution >= 0.6 is 0 Å². The zero-order valence-corrected chi connectivity index (χ0v) is 7.56. The van der Waals surface area contributed by atoms with Gasteiger partial charge in [0.15, 0.2) is 5.83 Å². The summed E-state index contributed by atoms with van der Waals surface area (Å²) in [4.78, 5) is 10.2. The van der Waals surface area contributed by atoms with Gasteiger partial charge in [-0.15, -0.1) is 0 Å². The van der Waals surface area contributed by atoms with E-state index in [1.54, 1.807) is 0 Å². The Bertz CT molecular complexity index is 244. The van der Waals surface area contributed by atoms with Gasteiger partial charge < -0.3 is 10.2 Å². The first-order valence-corrected chi connectivity index (χ1v) is 3.88. The molecule has 0 rings (SSSR count). The number of rotatable bonds is 5. The molecule has 0 aromatic carbocycles. The van der Waals surface area contributed by atoms with E-state index in [0.717, 1.165) is 6.92 Å². The highest BCUT2D eigenvalue weighted by molar-refractivity contribution is 5.67. The maximum atomic E-state index is 12.3. The number of carboxylic acid groups (broad SMARTS) is 1. The molecule has 1 atom stereocenters. The second-order valence-electron chi connectivity index (χ2n) is 3.23. The molecule has 14 heavy (non-hydrogen) atoms. The van der Waals surface area contributed by atoms with E-state index < -0.39 is 36.3 Å². The second-order valence-corrected chi connectivity index (χ2v) is 3.23. The number of halogens is 3. The van der Waals surface area contributed by atoms with E-state index in [-0.39, 0.29) is 6.42 Å². The molecule has 0 aliphatic heterocycles. The van der Waals surface area contributed by atoms with Gasteiger partial charge in [0.1, 0.15) is 0 Å². The first-order chi connectivity index (χ1) is 6.24. The number of aliphatic hydroxyl groups is 1. The Morgan fingerprint density at radius 3 is 2.21 bits per heavy atom. The van der Waals surface area contributed by atoms with Crippen LogP contribution in [0.25, 0.3) is 0 Å². The van der Waals surface area contributed by atoms with E-state index in [0.29, 0.717) is 0 Å². The number of carbonyl (C=O) groups is 1. The number of hydrogen-bond donors (Lipinski definition) is 2. The van der Waals surface area contributed by atoms with Crippen molar-refractivity contribution in [3.05, 3.63) is 11.9 Å². The maximum Gasteiger partial charge on any atom is 0.306 e. The number of allylic oxidation sites excluding steroid dienone is 1. The summed E-state index contributed by atoms with van der Waals surface area (Å²) < 4.78 is 35.4. The van der Waals surface area contributed by atoms with E-state index in [2.05, 4.69) is 0 Å². The highest BCUT2D eigenvalue weighted by Gasteiger charge is 2.25. The second kappa shape index (κ2) is 4.99. The van der Waals surface area contributed by atoms with Gasteiger partial charge in [-0.05, 0) is 13.3 Å². The molecule has 0 aromatic rings. The third kappa shape index (κ3) is 5.58. The minimum atomic E-state index is -2.43. The SMILES string of the molecule is CC(O)(CCC(F)=C(F)F)CC(=O)O. The predicted octanol–water partition coefficient (Wildman–Crippen LogP) is 2.07. The minimum absolute atomic E-state index is 0.359. The largest absolute Gasteiger partial charge is 0.481 e. The molecule has 0 bridgehead atoms. The Hall–Kier alpha value is -1.04. The van der Waals surface area contributed by atoms with E-state index in [1.165, 1.54) is 0 Å². The van der Waals surface area contributed by atoms with Gasteiger partial charge in [0.2, 0.25) is 0 Å². The first kappa shape index (κ1) is 13.0. The summed E-state index contributed by atoms with van der Waals surface area (Å²) in [7, 11) is 0. The molecular weight excluding hydrogens is 201 g/mol. The number of hydrogen-bond acceptors (Lipinski definition) is 2. The minimum Gasteiger partial charge on any atom is -0.481 e. The number of aliphatic carboxylic acids is 1. The molecule has 0 saturated carbocycles. The fourth-order valence-corrected chi connectivity index (χ4v) is 0.888. The highest BCUT2D eigenvalue weighted by Crippen LogP contribution is 2.22. The van der Waals surface area contributed by atoms with Crippen molar-refractivity contribution in [1.29, 1.82) is 0 Å². The summed E-state index contributed by atoms with van der Waals surface area (Å²) in [6.45, 7) is 1.16. The molecule has 0 amide bonds. The van der Waals surface area contributed by atoms with Gasteiger partial charge in [-0.3, -0.25) is 4.79 Å². The quantitative estimate of drug-likeness (QED) is 0.733. The van der Waals surface area contributed by atoms with E-state index >= 15 is 0 Å². The topological polar surface area (TPSA) is 57.5 Å². The Balaban J connectivity index is 4.12. The first-order valence-electron chi connectivity index (χ1n) is 3.88. The molecule has 0 saturated heterocycles. The molecule has 0 aliphatic carbocycles. The molecule has 0 aliphatic rings. The van der Waals surface area contributed by atoms with Crippen LogP contribution in [0.3, 0.4) is 0 Å².